The van der Waals surface area contributed by atoms with E-state index in [1.807, 2.05) is 30.0 Å². The zero-order valence-electron chi connectivity index (χ0n) is 16.5. The molecule has 1 fully saturated rings. The highest BCUT2D eigenvalue weighted by Crippen LogP contribution is 2.09. The summed E-state index contributed by atoms with van der Waals surface area (Å²) in [6.45, 7) is 9.97. The van der Waals surface area contributed by atoms with Crippen LogP contribution in [0.3, 0.4) is 0 Å². The Balaban J connectivity index is 1.52. The molecule has 1 aliphatic rings. The lowest BCUT2D eigenvalue weighted by molar-refractivity contribution is 0.232. The predicted octanol–water partition coefficient (Wildman–Crippen LogP) is 2.12. The second-order valence-corrected chi connectivity index (χ2v) is 6.89. The molecular weight excluding hydrogens is 338 g/mol. The molecule has 0 atom stereocenters. The van der Waals surface area contributed by atoms with Gasteiger partial charge >= 0.3 is 0 Å². The third-order valence-corrected chi connectivity index (χ3v) is 4.81. The molecule has 0 amide bonds. The molecule has 0 saturated carbocycles. The number of pyridine rings is 1. The first-order valence-electron chi connectivity index (χ1n) is 9.96. The number of rotatable bonds is 7. The van der Waals surface area contributed by atoms with Gasteiger partial charge in [-0.2, -0.15) is 0 Å². The van der Waals surface area contributed by atoms with Crippen molar-refractivity contribution in [2.75, 3.05) is 32.7 Å². The highest BCUT2D eigenvalue weighted by molar-refractivity contribution is 5.79. The van der Waals surface area contributed by atoms with Crippen LogP contribution in [0.1, 0.15) is 37.6 Å². The van der Waals surface area contributed by atoms with Gasteiger partial charge in [0.15, 0.2) is 5.96 Å². The molecule has 2 N–H and O–H groups in total. The Morgan fingerprint density at radius 1 is 1.15 bits per heavy atom. The number of aryl methyl sites for hydroxylation is 1. The van der Waals surface area contributed by atoms with Crippen LogP contribution in [-0.2, 0) is 6.54 Å². The van der Waals surface area contributed by atoms with E-state index in [0.29, 0.717) is 6.54 Å². The average Bonchev–Trinajstić information content (AvgIpc) is 3.13. The normalized spacial score (nSPS) is 15.7. The fourth-order valence-corrected chi connectivity index (χ4v) is 3.30. The van der Waals surface area contributed by atoms with Gasteiger partial charge in [0, 0.05) is 38.2 Å². The Labute approximate surface area is 161 Å². The monoisotopic (exact) mass is 369 g/mol. The molecule has 0 radical (unpaired) electrons. The van der Waals surface area contributed by atoms with Crippen molar-refractivity contribution < 1.29 is 0 Å². The number of aromatic nitrogens is 3. The van der Waals surface area contributed by atoms with Crippen molar-refractivity contribution >= 4 is 5.96 Å². The van der Waals surface area contributed by atoms with Crippen molar-refractivity contribution in [2.24, 2.45) is 4.99 Å². The van der Waals surface area contributed by atoms with Crippen molar-refractivity contribution in [3.8, 4) is 5.82 Å². The van der Waals surface area contributed by atoms with Crippen LogP contribution in [0, 0.1) is 6.92 Å². The number of nitrogens with zero attached hydrogens (tertiary/aromatic N) is 5. The molecule has 0 unspecified atom stereocenters. The van der Waals surface area contributed by atoms with E-state index >= 15 is 0 Å². The molecule has 0 bridgehead atoms. The van der Waals surface area contributed by atoms with Gasteiger partial charge < -0.3 is 15.5 Å². The van der Waals surface area contributed by atoms with Crippen LogP contribution in [0.4, 0.5) is 0 Å². The largest absolute Gasteiger partial charge is 0.357 e. The van der Waals surface area contributed by atoms with E-state index in [-0.39, 0.29) is 0 Å². The summed E-state index contributed by atoms with van der Waals surface area (Å²) in [5.41, 5.74) is 1.09. The first-order chi connectivity index (χ1) is 13.3. The number of likely N-dealkylation sites (tertiary alicyclic amines) is 1. The molecule has 27 heavy (non-hydrogen) atoms. The Morgan fingerprint density at radius 3 is 2.67 bits per heavy atom. The van der Waals surface area contributed by atoms with Crippen molar-refractivity contribution in [1.29, 1.82) is 0 Å². The lowest BCUT2D eigenvalue weighted by Crippen LogP contribution is -2.42. The quantitative estimate of drug-likeness (QED) is 0.578. The van der Waals surface area contributed by atoms with Crippen LogP contribution >= 0.6 is 0 Å². The zero-order chi connectivity index (χ0) is 18.9. The zero-order valence-corrected chi connectivity index (χ0v) is 16.5. The minimum Gasteiger partial charge on any atom is -0.357 e. The summed E-state index contributed by atoms with van der Waals surface area (Å²) in [5.74, 6) is 2.67. The Hall–Kier alpha value is -2.41. The van der Waals surface area contributed by atoms with E-state index in [1.165, 1.54) is 32.4 Å². The fourth-order valence-electron chi connectivity index (χ4n) is 3.30. The van der Waals surface area contributed by atoms with Crippen molar-refractivity contribution in [3.05, 3.63) is 42.1 Å². The topological polar surface area (TPSA) is 70.4 Å². The van der Waals surface area contributed by atoms with Gasteiger partial charge in [-0.05, 0) is 51.4 Å². The van der Waals surface area contributed by atoms with Crippen LogP contribution in [-0.4, -0.2) is 58.1 Å². The lowest BCUT2D eigenvalue weighted by atomic mass is 10.1. The Morgan fingerprint density at radius 2 is 2.00 bits per heavy atom. The maximum atomic E-state index is 4.69. The van der Waals surface area contributed by atoms with E-state index in [9.17, 15) is 0 Å². The van der Waals surface area contributed by atoms with Gasteiger partial charge in [0.2, 0.25) is 0 Å². The molecule has 7 heteroatoms. The molecule has 0 spiro atoms. The molecule has 0 aromatic carbocycles. The van der Waals surface area contributed by atoms with Gasteiger partial charge in [0.05, 0.1) is 6.54 Å². The number of guanidine groups is 1. The van der Waals surface area contributed by atoms with Crippen LogP contribution in [0.2, 0.25) is 0 Å². The summed E-state index contributed by atoms with van der Waals surface area (Å²) in [5, 5.41) is 6.76. The number of nitrogens with one attached hydrogen (secondary N) is 2. The number of piperidine rings is 1. The molecule has 1 aliphatic heterocycles. The molecule has 3 rings (SSSR count). The van der Waals surface area contributed by atoms with Gasteiger partial charge in [-0.25, -0.2) is 15.0 Å². The molecule has 146 valence electrons. The summed E-state index contributed by atoms with van der Waals surface area (Å²) in [6.07, 6.45) is 9.63. The van der Waals surface area contributed by atoms with Gasteiger partial charge in [-0.3, -0.25) is 4.57 Å². The second kappa shape index (κ2) is 10.1. The number of hydrogen-bond acceptors (Lipinski definition) is 4. The maximum absolute atomic E-state index is 4.69. The number of aliphatic imine (C=N–C) groups is 1. The standard InChI is InChI=1S/C20H31N7/c1-3-21-20(23-9-13-26-11-5-4-6-12-26)25-16-18-7-8-19(24-15-18)27-14-10-22-17(27)2/h7-8,10,14-15H,3-6,9,11-13,16H2,1-2H3,(H2,21,23,25). The van der Waals surface area contributed by atoms with Crippen molar-refractivity contribution in [3.63, 3.8) is 0 Å². The molecule has 3 heterocycles. The SMILES string of the molecule is CCNC(=NCc1ccc(-n2ccnc2C)nc1)NCCN1CCCCC1. The first-order valence-corrected chi connectivity index (χ1v) is 9.96. The molecule has 0 aliphatic carbocycles. The van der Waals surface area contributed by atoms with Crippen LogP contribution in [0.5, 0.6) is 0 Å². The first kappa shape index (κ1) is 19.4. The summed E-state index contributed by atoms with van der Waals surface area (Å²) in [6, 6.07) is 4.08. The minimum absolute atomic E-state index is 0.606. The predicted molar refractivity (Wildman–Crippen MR) is 109 cm³/mol. The molecule has 7 nitrogen and oxygen atoms in total. The van der Waals surface area contributed by atoms with E-state index in [2.05, 4.69) is 38.5 Å². The number of hydrogen-bond donors (Lipinski definition) is 2. The van der Waals surface area contributed by atoms with Gasteiger partial charge in [0.1, 0.15) is 11.6 Å². The van der Waals surface area contributed by atoms with Gasteiger partial charge in [-0.15, -0.1) is 0 Å². The van der Waals surface area contributed by atoms with E-state index in [0.717, 1.165) is 42.8 Å². The summed E-state index contributed by atoms with van der Waals surface area (Å²) in [4.78, 5) is 16.0. The van der Waals surface area contributed by atoms with Crippen LogP contribution in [0.15, 0.2) is 35.7 Å². The number of imidazole rings is 1. The van der Waals surface area contributed by atoms with Gasteiger partial charge in [0.25, 0.3) is 0 Å². The molecule has 2 aromatic heterocycles. The van der Waals surface area contributed by atoms with Crippen molar-refractivity contribution in [2.45, 2.75) is 39.7 Å². The Kier molecular flexibility index (Phi) is 7.21. The molecule has 1 saturated heterocycles. The van der Waals surface area contributed by atoms with E-state index in [4.69, 9.17) is 4.99 Å². The molecular formula is C20H31N7. The van der Waals surface area contributed by atoms with Gasteiger partial charge in [-0.1, -0.05) is 12.5 Å². The van der Waals surface area contributed by atoms with Crippen LogP contribution < -0.4 is 10.6 Å². The van der Waals surface area contributed by atoms with Crippen molar-refractivity contribution in [1.82, 2.24) is 30.1 Å². The van der Waals surface area contributed by atoms with E-state index < -0.39 is 0 Å². The highest BCUT2D eigenvalue weighted by Gasteiger charge is 2.09. The summed E-state index contributed by atoms with van der Waals surface area (Å²) in [7, 11) is 0. The van der Waals surface area contributed by atoms with E-state index in [1.54, 1.807) is 6.20 Å². The fraction of sp³-hybridized carbons (Fsp3) is 0.550. The second-order valence-electron chi connectivity index (χ2n) is 6.89. The third kappa shape index (κ3) is 5.79. The highest BCUT2D eigenvalue weighted by atomic mass is 15.2. The minimum atomic E-state index is 0.606. The summed E-state index contributed by atoms with van der Waals surface area (Å²) < 4.78 is 1.97. The van der Waals surface area contributed by atoms with Crippen LogP contribution in [0.25, 0.3) is 5.82 Å². The third-order valence-electron chi connectivity index (χ3n) is 4.81. The lowest BCUT2D eigenvalue weighted by Gasteiger charge is -2.26. The Bertz CT molecular complexity index is 714. The smallest absolute Gasteiger partial charge is 0.191 e. The molecule has 2 aromatic rings. The average molecular weight is 370 g/mol. The maximum Gasteiger partial charge on any atom is 0.191 e. The summed E-state index contributed by atoms with van der Waals surface area (Å²) >= 11 is 0.